The molecule has 0 amide bonds. The molecule has 1 atom stereocenters. The van der Waals surface area contributed by atoms with Gasteiger partial charge in [-0.2, -0.15) is 0 Å². The molecule has 0 N–H and O–H groups in total. The largest absolute Gasteiger partial charge is 0.750 e. The molecule has 6 heteroatoms. The Balaban J connectivity index is 4.01. The van der Waals surface area contributed by atoms with Crippen LogP contribution in [0.15, 0.2) is 0 Å². The highest BCUT2D eigenvalue weighted by Crippen LogP contribution is 2.13. The van der Waals surface area contributed by atoms with Gasteiger partial charge in [0.25, 0.3) is 0 Å². The first-order valence-corrected chi connectivity index (χ1v) is 5.36. The molecule has 0 bridgehead atoms. The lowest BCUT2D eigenvalue weighted by Crippen LogP contribution is -2.37. The average Bonchev–Trinajstić information content (AvgIpc) is 2.02. The zero-order valence-electron chi connectivity index (χ0n) is 8.57. The van der Waals surface area contributed by atoms with Crippen LogP contribution >= 0.6 is 0 Å². The normalized spacial score (nSPS) is 13.7. The topological polar surface area (TPSA) is 75.7 Å². The van der Waals surface area contributed by atoms with Gasteiger partial charge in [-0.25, -0.2) is 9.00 Å². The van der Waals surface area contributed by atoms with Gasteiger partial charge in [0.15, 0.2) is 5.60 Å². The fourth-order valence-electron chi connectivity index (χ4n) is 0.687. The highest BCUT2D eigenvalue weighted by molar-refractivity contribution is 7.74. The van der Waals surface area contributed by atoms with Crippen molar-refractivity contribution in [2.75, 3.05) is 6.61 Å². The van der Waals surface area contributed by atoms with Gasteiger partial charge in [-0.1, -0.05) is 13.3 Å². The van der Waals surface area contributed by atoms with Crippen molar-refractivity contribution in [1.29, 1.82) is 0 Å². The van der Waals surface area contributed by atoms with E-state index in [1.54, 1.807) is 0 Å². The van der Waals surface area contributed by atoms with Gasteiger partial charge in [-0.15, -0.1) is 0 Å². The molecule has 0 spiro atoms. The van der Waals surface area contributed by atoms with Gasteiger partial charge in [-0.3, -0.25) is 4.18 Å². The van der Waals surface area contributed by atoms with E-state index < -0.39 is 22.9 Å². The fourth-order valence-corrected chi connectivity index (χ4v) is 1.10. The second-order valence-electron chi connectivity index (χ2n) is 3.29. The molecular formula is C8H15O5S-. The minimum Gasteiger partial charge on any atom is -0.750 e. The lowest BCUT2D eigenvalue weighted by molar-refractivity contribution is -0.159. The summed E-state index contributed by atoms with van der Waals surface area (Å²) < 4.78 is 29.6. The van der Waals surface area contributed by atoms with Crippen molar-refractivity contribution in [3.63, 3.8) is 0 Å². The molecule has 0 radical (unpaired) electrons. The lowest BCUT2D eigenvalue weighted by atomic mass is 10.1. The van der Waals surface area contributed by atoms with Crippen LogP contribution in [0.2, 0.25) is 0 Å². The summed E-state index contributed by atoms with van der Waals surface area (Å²) in [5.74, 6) is -0.671. The Morgan fingerprint density at radius 1 is 1.50 bits per heavy atom. The smallest absolute Gasteiger partial charge is 0.339 e. The summed E-state index contributed by atoms with van der Waals surface area (Å²) >= 11 is -2.71. The molecule has 5 nitrogen and oxygen atoms in total. The van der Waals surface area contributed by atoms with Crippen molar-refractivity contribution < 1.29 is 22.5 Å². The van der Waals surface area contributed by atoms with E-state index in [1.165, 1.54) is 13.8 Å². The molecule has 0 aromatic carbocycles. The third-order valence-electron chi connectivity index (χ3n) is 1.50. The molecule has 0 aliphatic carbocycles. The van der Waals surface area contributed by atoms with Crippen molar-refractivity contribution in [2.45, 2.75) is 39.2 Å². The lowest BCUT2D eigenvalue weighted by Gasteiger charge is -2.23. The molecular weight excluding hydrogens is 208 g/mol. The number of hydrogen-bond donors (Lipinski definition) is 0. The zero-order chi connectivity index (χ0) is 11.2. The summed E-state index contributed by atoms with van der Waals surface area (Å²) in [5.41, 5.74) is -1.44. The standard InChI is InChI=1S/C8H16O5S/c1-4-5-6-12-7(9)8(2,3)13-14(10)11/h4-6H2,1-3H3,(H,10,11)/p-1. The Morgan fingerprint density at radius 3 is 2.50 bits per heavy atom. The van der Waals surface area contributed by atoms with Crippen LogP contribution in [0.5, 0.6) is 0 Å². The monoisotopic (exact) mass is 223 g/mol. The highest BCUT2D eigenvalue weighted by Gasteiger charge is 2.31. The molecule has 14 heavy (non-hydrogen) atoms. The number of esters is 1. The average molecular weight is 223 g/mol. The van der Waals surface area contributed by atoms with Gasteiger partial charge in [0, 0.05) is 0 Å². The van der Waals surface area contributed by atoms with E-state index >= 15 is 0 Å². The van der Waals surface area contributed by atoms with Crippen LogP contribution in [0.25, 0.3) is 0 Å². The third-order valence-corrected chi connectivity index (χ3v) is 2.05. The van der Waals surface area contributed by atoms with Crippen LogP contribution in [-0.2, 0) is 25.1 Å². The van der Waals surface area contributed by atoms with Gasteiger partial charge in [0.05, 0.1) is 18.0 Å². The summed E-state index contributed by atoms with van der Waals surface area (Å²) in [5, 5.41) is 0. The molecule has 0 aliphatic rings. The van der Waals surface area contributed by atoms with Crippen LogP contribution in [0.4, 0.5) is 0 Å². The van der Waals surface area contributed by atoms with Crippen molar-refractivity contribution in [2.24, 2.45) is 0 Å². The SMILES string of the molecule is CCCCOC(=O)C(C)(C)OS(=O)[O-]. The Morgan fingerprint density at radius 2 is 2.07 bits per heavy atom. The molecule has 84 valence electrons. The molecule has 1 unspecified atom stereocenters. The van der Waals surface area contributed by atoms with Crippen LogP contribution in [0, 0.1) is 0 Å². The van der Waals surface area contributed by atoms with Crippen LogP contribution in [0.1, 0.15) is 33.6 Å². The van der Waals surface area contributed by atoms with Gasteiger partial charge >= 0.3 is 5.97 Å². The Bertz CT molecular complexity index is 214. The van der Waals surface area contributed by atoms with Gasteiger partial charge in [0.1, 0.15) is 0 Å². The van der Waals surface area contributed by atoms with E-state index in [0.29, 0.717) is 0 Å². The van der Waals surface area contributed by atoms with Crippen molar-refractivity contribution in [3.8, 4) is 0 Å². The molecule has 0 saturated carbocycles. The predicted molar refractivity (Wildman–Crippen MR) is 50.0 cm³/mol. The first-order chi connectivity index (χ1) is 6.40. The van der Waals surface area contributed by atoms with E-state index in [9.17, 15) is 13.6 Å². The minimum atomic E-state index is -2.71. The molecule has 0 rings (SSSR count). The third kappa shape index (κ3) is 5.31. The van der Waals surface area contributed by atoms with Crippen LogP contribution in [0.3, 0.4) is 0 Å². The number of unbranched alkanes of at least 4 members (excludes halogenated alkanes) is 1. The summed E-state index contributed by atoms with van der Waals surface area (Å²) in [4.78, 5) is 11.3. The van der Waals surface area contributed by atoms with E-state index in [-0.39, 0.29) is 6.61 Å². The Hall–Kier alpha value is -0.460. The first kappa shape index (κ1) is 13.5. The number of carbonyl (C=O) groups is 1. The zero-order valence-corrected chi connectivity index (χ0v) is 9.39. The van der Waals surface area contributed by atoms with E-state index in [1.807, 2.05) is 6.92 Å². The van der Waals surface area contributed by atoms with E-state index in [2.05, 4.69) is 4.18 Å². The number of carbonyl (C=O) groups excluding carboxylic acids is 1. The number of hydrogen-bond acceptors (Lipinski definition) is 5. The molecule has 0 aliphatic heterocycles. The van der Waals surface area contributed by atoms with Gasteiger partial charge in [0.2, 0.25) is 0 Å². The van der Waals surface area contributed by atoms with Crippen molar-refractivity contribution in [3.05, 3.63) is 0 Å². The number of ether oxygens (including phenoxy) is 1. The molecule has 0 aromatic heterocycles. The van der Waals surface area contributed by atoms with Crippen molar-refractivity contribution >= 4 is 17.3 Å². The van der Waals surface area contributed by atoms with E-state index in [4.69, 9.17) is 4.74 Å². The van der Waals surface area contributed by atoms with Gasteiger partial charge < -0.3 is 9.29 Å². The summed E-state index contributed by atoms with van der Waals surface area (Å²) in [6, 6.07) is 0. The Kier molecular flexibility index (Phi) is 5.90. The van der Waals surface area contributed by atoms with Crippen LogP contribution < -0.4 is 0 Å². The second kappa shape index (κ2) is 6.10. The van der Waals surface area contributed by atoms with E-state index in [0.717, 1.165) is 12.8 Å². The highest BCUT2D eigenvalue weighted by atomic mass is 32.2. The molecule has 0 saturated heterocycles. The molecule has 0 fully saturated rings. The summed E-state index contributed by atoms with van der Waals surface area (Å²) in [6.45, 7) is 4.93. The second-order valence-corrected chi connectivity index (χ2v) is 3.86. The minimum absolute atomic E-state index is 0.285. The quantitative estimate of drug-likeness (QED) is 0.380. The molecule has 0 aromatic rings. The fraction of sp³-hybridized carbons (Fsp3) is 0.875. The summed E-state index contributed by atoms with van der Waals surface area (Å²) in [7, 11) is 0. The first-order valence-electron chi connectivity index (χ1n) is 4.36. The Labute approximate surface area is 86.3 Å². The van der Waals surface area contributed by atoms with Crippen molar-refractivity contribution in [1.82, 2.24) is 0 Å². The predicted octanol–water partition coefficient (Wildman–Crippen LogP) is 0.919. The van der Waals surface area contributed by atoms with Gasteiger partial charge in [-0.05, 0) is 20.3 Å². The maximum Gasteiger partial charge on any atom is 0.339 e. The maximum atomic E-state index is 11.3. The molecule has 0 heterocycles. The summed E-state index contributed by atoms with van der Waals surface area (Å²) in [6.07, 6.45) is 1.66. The number of rotatable bonds is 6. The maximum absolute atomic E-state index is 11.3. The van der Waals surface area contributed by atoms with Crippen LogP contribution in [-0.4, -0.2) is 26.9 Å².